The van der Waals surface area contributed by atoms with Gasteiger partial charge in [0, 0.05) is 5.69 Å². The smallest absolute Gasteiger partial charge is 0.261 e. The van der Waals surface area contributed by atoms with Crippen LogP contribution in [-0.2, 0) is 0 Å². The number of carbonyl (C=O) groups is 1. The summed E-state index contributed by atoms with van der Waals surface area (Å²) in [6.07, 6.45) is 0. The van der Waals surface area contributed by atoms with Gasteiger partial charge in [-0.15, -0.1) is 0 Å². The first-order valence-electron chi connectivity index (χ1n) is 8.04. The van der Waals surface area contributed by atoms with Gasteiger partial charge >= 0.3 is 0 Å². The zero-order valence-corrected chi connectivity index (χ0v) is 17.1. The van der Waals surface area contributed by atoms with Crippen LogP contribution in [-0.4, -0.2) is 25.2 Å². The van der Waals surface area contributed by atoms with Crippen LogP contribution < -0.4 is 20.1 Å². The normalized spacial score (nSPS) is 10.3. The number of methoxy groups -OCH3 is 2. The van der Waals surface area contributed by atoms with Crippen molar-refractivity contribution in [1.82, 2.24) is 5.32 Å². The zero-order chi connectivity index (χ0) is 19.4. The fourth-order valence-electron chi connectivity index (χ4n) is 2.64. The highest BCUT2D eigenvalue weighted by Gasteiger charge is 2.15. The second-order valence-corrected chi connectivity index (χ2v) is 6.92. The van der Waals surface area contributed by atoms with Gasteiger partial charge in [-0.05, 0) is 69.3 Å². The minimum absolute atomic E-state index is 0.187. The molecule has 0 spiro atoms. The number of ether oxygens (including phenoxy) is 2. The fourth-order valence-corrected chi connectivity index (χ4v) is 3.39. The molecule has 0 unspecified atom stereocenters. The first-order chi connectivity index (χ1) is 13.0. The Morgan fingerprint density at radius 1 is 0.963 bits per heavy atom. The van der Waals surface area contributed by atoms with Crippen LogP contribution in [0.3, 0.4) is 0 Å². The summed E-state index contributed by atoms with van der Waals surface area (Å²) in [5, 5.41) is 7.80. The maximum Gasteiger partial charge on any atom is 0.261 e. The van der Waals surface area contributed by atoms with Crippen molar-refractivity contribution in [3.05, 3.63) is 64.6 Å². The molecule has 27 heavy (non-hydrogen) atoms. The van der Waals surface area contributed by atoms with Crippen LogP contribution in [0.15, 0.2) is 59.1 Å². The molecule has 0 aliphatic carbocycles. The Balaban J connectivity index is 1.77. The molecule has 0 aromatic heterocycles. The molecule has 0 aliphatic heterocycles. The summed E-state index contributed by atoms with van der Waals surface area (Å²) in [4.78, 5) is 12.7. The molecule has 5 nitrogen and oxygen atoms in total. The molecule has 1 amide bonds. The Labute approximate surface area is 170 Å². The molecule has 3 rings (SSSR count). The van der Waals surface area contributed by atoms with Gasteiger partial charge in [0.25, 0.3) is 5.91 Å². The summed E-state index contributed by atoms with van der Waals surface area (Å²) < 4.78 is 11.3. The Bertz CT molecular complexity index is 1020. The van der Waals surface area contributed by atoms with E-state index in [4.69, 9.17) is 21.7 Å². The monoisotopic (exact) mass is 444 g/mol. The average Bonchev–Trinajstić information content (AvgIpc) is 2.66. The summed E-state index contributed by atoms with van der Waals surface area (Å²) in [6, 6.07) is 16.8. The van der Waals surface area contributed by atoms with Gasteiger partial charge in [-0.3, -0.25) is 10.1 Å². The van der Waals surface area contributed by atoms with Gasteiger partial charge in [0.2, 0.25) is 0 Å². The maximum absolute atomic E-state index is 12.7. The van der Waals surface area contributed by atoms with Crippen molar-refractivity contribution in [1.29, 1.82) is 0 Å². The van der Waals surface area contributed by atoms with E-state index in [9.17, 15) is 4.79 Å². The third kappa shape index (κ3) is 4.37. The molecule has 3 aromatic rings. The summed E-state index contributed by atoms with van der Waals surface area (Å²) in [6.45, 7) is 0. The van der Waals surface area contributed by atoms with E-state index in [0.717, 1.165) is 20.9 Å². The van der Waals surface area contributed by atoms with E-state index in [0.29, 0.717) is 17.1 Å². The molecule has 0 heterocycles. The summed E-state index contributed by atoms with van der Waals surface area (Å²) in [7, 11) is 3.13. The lowest BCUT2D eigenvalue weighted by atomic mass is 10.1. The second kappa shape index (κ2) is 8.37. The van der Waals surface area contributed by atoms with Crippen molar-refractivity contribution in [2.75, 3.05) is 19.5 Å². The lowest BCUT2D eigenvalue weighted by Gasteiger charge is -2.13. The molecule has 0 fully saturated rings. The first-order valence-corrected chi connectivity index (χ1v) is 9.24. The van der Waals surface area contributed by atoms with E-state index < -0.39 is 0 Å². The van der Waals surface area contributed by atoms with Crippen LogP contribution >= 0.6 is 28.1 Å². The highest BCUT2D eigenvalue weighted by Crippen LogP contribution is 2.28. The van der Waals surface area contributed by atoms with Crippen molar-refractivity contribution < 1.29 is 14.3 Å². The lowest BCUT2D eigenvalue weighted by Crippen LogP contribution is -2.34. The minimum atomic E-state index is -0.345. The van der Waals surface area contributed by atoms with Crippen molar-refractivity contribution in [2.24, 2.45) is 0 Å². The molecule has 3 aromatic carbocycles. The average molecular weight is 445 g/mol. The first kappa shape index (κ1) is 19.1. The van der Waals surface area contributed by atoms with Gasteiger partial charge in [-0.25, -0.2) is 0 Å². The number of nitrogens with one attached hydrogen (secondary N) is 2. The highest BCUT2D eigenvalue weighted by atomic mass is 79.9. The lowest BCUT2D eigenvalue weighted by molar-refractivity contribution is 0.0975. The third-order valence-electron chi connectivity index (χ3n) is 3.95. The molecule has 0 saturated carbocycles. The van der Waals surface area contributed by atoms with E-state index in [-0.39, 0.29) is 11.0 Å². The van der Waals surface area contributed by atoms with E-state index in [2.05, 4.69) is 26.6 Å². The zero-order valence-electron chi connectivity index (χ0n) is 14.7. The molecule has 138 valence electrons. The number of carbonyl (C=O) groups excluding carboxylic acids is 1. The summed E-state index contributed by atoms with van der Waals surface area (Å²) in [5.74, 6) is 0.847. The van der Waals surface area contributed by atoms with E-state index >= 15 is 0 Å². The quantitative estimate of drug-likeness (QED) is 0.568. The number of thiocarbonyl (C=S) groups is 1. The molecule has 0 bridgehead atoms. The van der Waals surface area contributed by atoms with Crippen LogP contribution in [0.5, 0.6) is 11.5 Å². The predicted octanol–water partition coefficient (Wildman–Crippen LogP) is 4.75. The van der Waals surface area contributed by atoms with E-state index in [1.165, 1.54) is 7.11 Å². The van der Waals surface area contributed by atoms with Crippen LogP contribution in [0.4, 0.5) is 5.69 Å². The third-order valence-corrected chi connectivity index (χ3v) is 4.77. The molecular weight excluding hydrogens is 428 g/mol. The van der Waals surface area contributed by atoms with Crippen molar-refractivity contribution >= 4 is 55.6 Å². The molecule has 0 saturated heterocycles. The fraction of sp³-hybridized carbons (Fsp3) is 0.100. The SMILES string of the molecule is COc1ccc(NC(=S)NC(=O)c2cc3ccccc3cc2OC)cc1Br. The number of benzene rings is 3. The number of halogens is 1. The summed E-state index contributed by atoms with van der Waals surface area (Å²) >= 11 is 8.68. The number of amides is 1. The Morgan fingerprint density at radius 3 is 2.26 bits per heavy atom. The van der Waals surface area contributed by atoms with Crippen LogP contribution in [0.25, 0.3) is 10.8 Å². The molecule has 2 N–H and O–H groups in total. The maximum atomic E-state index is 12.7. The van der Waals surface area contributed by atoms with Crippen LogP contribution in [0.2, 0.25) is 0 Å². The number of hydrogen-bond acceptors (Lipinski definition) is 4. The van der Waals surface area contributed by atoms with Gasteiger partial charge in [0.1, 0.15) is 11.5 Å². The predicted molar refractivity (Wildman–Crippen MR) is 115 cm³/mol. The van der Waals surface area contributed by atoms with Crippen molar-refractivity contribution in [2.45, 2.75) is 0 Å². The van der Waals surface area contributed by atoms with Crippen LogP contribution in [0.1, 0.15) is 10.4 Å². The Hall–Kier alpha value is -2.64. The highest BCUT2D eigenvalue weighted by molar-refractivity contribution is 9.10. The number of fused-ring (bicyclic) bond motifs is 1. The van der Waals surface area contributed by atoms with Gasteiger partial charge in [0.05, 0.1) is 24.3 Å². The topological polar surface area (TPSA) is 59.6 Å². The van der Waals surface area contributed by atoms with Crippen molar-refractivity contribution in [3.63, 3.8) is 0 Å². The van der Waals surface area contributed by atoms with Gasteiger partial charge in [-0.2, -0.15) is 0 Å². The standard InChI is InChI=1S/C20H17BrN2O3S/c1-25-17-8-7-14(11-16(17)21)22-20(27)23-19(24)15-9-12-5-3-4-6-13(12)10-18(15)26-2/h3-11H,1-2H3,(H2,22,23,24,27). The molecule has 0 aliphatic rings. The number of rotatable bonds is 4. The molecule has 0 atom stereocenters. The number of anilines is 1. The summed E-state index contributed by atoms with van der Waals surface area (Å²) in [5.41, 5.74) is 1.13. The Kier molecular flexibility index (Phi) is 5.93. The molecule has 0 radical (unpaired) electrons. The van der Waals surface area contributed by atoms with E-state index in [1.54, 1.807) is 25.3 Å². The van der Waals surface area contributed by atoms with E-state index in [1.807, 2.05) is 36.4 Å². The Morgan fingerprint density at radius 2 is 1.63 bits per heavy atom. The van der Waals surface area contributed by atoms with Crippen LogP contribution in [0, 0.1) is 0 Å². The molecular formula is C20H17BrN2O3S. The van der Waals surface area contributed by atoms with Gasteiger partial charge < -0.3 is 14.8 Å². The largest absolute Gasteiger partial charge is 0.496 e. The number of hydrogen-bond donors (Lipinski definition) is 2. The second-order valence-electron chi connectivity index (χ2n) is 5.66. The van der Waals surface area contributed by atoms with Gasteiger partial charge in [0.15, 0.2) is 5.11 Å². The van der Waals surface area contributed by atoms with Crippen molar-refractivity contribution in [3.8, 4) is 11.5 Å². The van der Waals surface area contributed by atoms with Gasteiger partial charge in [-0.1, -0.05) is 24.3 Å². The molecule has 7 heteroatoms. The minimum Gasteiger partial charge on any atom is -0.496 e.